The maximum absolute atomic E-state index is 12.2. The molecule has 1 aliphatic heterocycles. The predicted molar refractivity (Wildman–Crippen MR) is 66.3 cm³/mol. The zero-order valence-electron chi connectivity index (χ0n) is 10.9. The minimum absolute atomic E-state index is 0.0170. The number of carboxylic acid groups (broad SMARTS) is 1. The summed E-state index contributed by atoms with van der Waals surface area (Å²) in [6.45, 7) is 3.13. The van der Waals surface area contributed by atoms with Crippen LogP contribution in [0.4, 0.5) is 0 Å². The summed E-state index contributed by atoms with van der Waals surface area (Å²) in [4.78, 5) is 28.4. The van der Waals surface area contributed by atoms with E-state index in [2.05, 4.69) is 10.1 Å². The molecule has 2 heterocycles. The fourth-order valence-electron chi connectivity index (χ4n) is 2.39. The van der Waals surface area contributed by atoms with E-state index in [9.17, 15) is 9.59 Å². The van der Waals surface area contributed by atoms with Gasteiger partial charge in [0.25, 0.3) is 0 Å². The zero-order chi connectivity index (χ0) is 13.8. The summed E-state index contributed by atoms with van der Waals surface area (Å²) >= 11 is 0. The molecule has 1 aromatic heterocycles. The standard InChI is InChI=1S/C12H18N4O3/c1-9(16-8-13-7-14-16)12(19)15-5-4-10(6-15)2-3-11(17)18/h7-10H,2-6H2,1H3,(H,17,18). The highest BCUT2D eigenvalue weighted by Crippen LogP contribution is 2.23. The molecule has 0 aliphatic carbocycles. The first-order valence-electron chi connectivity index (χ1n) is 6.42. The molecule has 2 atom stereocenters. The van der Waals surface area contributed by atoms with Crippen molar-refractivity contribution >= 4 is 11.9 Å². The molecule has 0 aromatic carbocycles. The second-order valence-corrected chi connectivity index (χ2v) is 4.92. The number of hydrogen-bond acceptors (Lipinski definition) is 4. The summed E-state index contributed by atoms with van der Waals surface area (Å²) in [5, 5.41) is 12.6. The van der Waals surface area contributed by atoms with Crippen molar-refractivity contribution in [2.24, 2.45) is 5.92 Å². The van der Waals surface area contributed by atoms with Crippen LogP contribution in [-0.4, -0.2) is 49.7 Å². The molecule has 7 heteroatoms. The van der Waals surface area contributed by atoms with Crippen LogP contribution in [0, 0.1) is 5.92 Å². The Morgan fingerprint density at radius 3 is 2.95 bits per heavy atom. The van der Waals surface area contributed by atoms with Gasteiger partial charge in [-0.1, -0.05) is 0 Å². The summed E-state index contributed by atoms with van der Waals surface area (Å²) < 4.78 is 1.53. The zero-order valence-corrected chi connectivity index (χ0v) is 10.9. The molecular formula is C12H18N4O3. The molecule has 2 rings (SSSR count). The maximum atomic E-state index is 12.2. The molecule has 2 unspecified atom stereocenters. The molecule has 7 nitrogen and oxygen atoms in total. The largest absolute Gasteiger partial charge is 0.481 e. The molecule has 0 spiro atoms. The van der Waals surface area contributed by atoms with Crippen LogP contribution in [0.15, 0.2) is 12.7 Å². The Balaban J connectivity index is 1.86. The number of likely N-dealkylation sites (tertiary alicyclic amines) is 1. The van der Waals surface area contributed by atoms with Crippen molar-refractivity contribution < 1.29 is 14.7 Å². The van der Waals surface area contributed by atoms with Gasteiger partial charge in [-0.15, -0.1) is 0 Å². The highest BCUT2D eigenvalue weighted by atomic mass is 16.4. The van der Waals surface area contributed by atoms with Gasteiger partial charge in [0.05, 0.1) is 0 Å². The van der Waals surface area contributed by atoms with Crippen molar-refractivity contribution in [2.45, 2.75) is 32.2 Å². The lowest BCUT2D eigenvalue weighted by atomic mass is 10.0. The van der Waals surface area contributed by atoms with E-state index >= 15 is 0 Å². The number of aliphatic carboxylic acids is 1. The first kappa shape index (κ1) is 13.5. The maximum Gasteiger partial charge on any atom is 0.303 e. The monoisotopic (exact) mass is 266 g/mol. The van der Waals surface area contributed by atoms with E-state index in [0.717, 1.165) is 6.42 Å². The molecule has 19 heavy (non-hydrogen) atoms. The van der Waals surface area contributed by atoms with Crippen LogP contribution in [0.25, 0.3) is 0 Å². The Bertz CT molecular complexity index is 446. The summed E-state index contributed by atoms with van der Waals surface area (Å²) in [5.41, 5.74) is 0. The highest BCUT2D eigenvalue weighted by Gasteiger charge is 2.29. The number of carbonyl (C=O) groups is 2. The van der Waals surface area contributed by atoms with E-state index in [-0.39, 0.29) is 18.4 Å². The summed E-state index contributed by atoms with van der Waals surface area (Å²) in [5.74, 6) is -0.466. The minimum Gasteiger partial charge on any atom is -0.481 e. The molecule has 104 valence electrons. The van der Waals surface area contributed by atoms with Gasteiger partial charge in [-0.25, -0.2) is 9.67 Å². The molecule has 1 fully saturated rings. The third kappa shape index (κ3) is 3.30. The fraction of sp³-hybridized carbons (Fsp3) is 0.667. The molecular weight excluding hydrogens is 248 g/mol. The van der Waals surface area contributed by atoms with Crippen LogP contribution < -0.4 is 0 Å². The van der Waals surface area contributed by atoms with Gasteiger partial charge in [-0.05, 0) is 25.7 Å². The lowest BCUT2D eigenvalue weighted by Gasteiger charge is -2.20. The van der Waals surface area contributed by atoms with Gasteiger partial charge in [-0.3, -0.25) is 9.59 Å². The van der Waals surface area contributed by atoms with Crippen molar-refractivity contribution in [1.82, 2.24) is 19.7 Å². The number of nitrogens with zero attached hydrogens (tertiary/aromatic N) is 4. The van der Waals surface area contributed by atoms with E-state index in [0.29, 0.717) is 25.4 Å². The fourth-order valence-corrected chi connectivity index (χ4v) is 2.39. The SMILES string of the molecule is CC(C(=O)N1CCC(CCC(=O)O)C1)n1cncn1. The van der Waals surface area contributed by atoms with E-state index in [1.807, 2.05) is 0 Å². The van der Waals surface area contributed by atoms with Crippen LogP contribution in [0.3, 0.4) is 0 Å². The number of rotatable bonds is 5. The second-order valence-electron chi connectivity index (χ2n) is 4.92. The summed E-state index contributed by atoms with van der Waals surface area (Å²) in [7, 11) is 0. The average Bonchev–Trinajstić information content (AvgIpc) is 3.05. The van der Waals surface area contributed by atoms with E-state index in [4.69, 9.17) is 5.11 Å². The van der Waals surface area contributed by atoms with Gasteiger partial charge in [0.15, 0.2) is 0 Å². The van der Waals surface area contributed by atoms with Crippen LogP contribution >= 0.6 is 0 Å². The van der Waals surface area contributed by atoms with E-state index in [1.165, 1.54) is 17.3 Å². The molecule has 0 radical (unpaired) electrons. The first-order chi connectivity index (χ1) is 9.08. The Labute approximate surface area is 111 Å². The number of hydrogen-bond donors (Lipinski definition) is 1. The van der Waals surface area contributed by atoms with Gasteiger partial charge >= 0.3 is 5.97 Å². The Morgan fingerprint density at radius 1 is 1.53 bits per heavy atom. The van der Waals surface area contributed by atoms with Crippen molar-refractivity contribution in [3.63, 3.8) is 0 Å². The van der Waals surface area contributed by atoms with E-state index < -0.39 is 5.97 Å². The quantitative estimate of drug-likeness (QED) is 0.841. The average molecular weight is 266 g/mol. The van der Waals surface area contributed by atoms with Crippen molar-refractivity contribution in [3.05, 3.63) is 12.7 Å². The van der Waals surface area contributed by atoms with Gasteiger partial charge < -0.3 is 10.0 Å². The second kappa shape index (κ2) is 5.81. The number of aromatic nitrogens is 3. The van der Waals surface area contributed by atoms with Gasteiger partial charge in [0.1, 0.15) is 18.7 Å². The van der Waals surface area contributed by atoms with Gasteiger partial charge in [-0.2, -0.15) is 5.10 Å². The highest BCUT2D eigenvalue weighted by molar-refractivity contribution is 5.80. The topological polar surface area (TPSA) is 88.3 Å². The van der Waals surface area contributed by atoms with Crippen LogP contribution in [0.5, 0.6) is 0 Å². The lowest BCUT2D eigenvalue weighted by Crippen LogP contribution is -2.34. The van der Waals surface area contributed by atoms with E-state index in [1.54, 1.807) is 11.8 Å². The smallest absolute Gasteiger partial charge is 0.303 e. The molecule has 1 aliphatic rings. The Morgan fingerprint density at radius 2 is 2.32 bits per heavy atom. The molecule has 1 aromatic rings. The Hall–Kier alpha value is -1.92. The van der Waals surface area contributed by atoms with Crippen LogP contribution in [0.1, 0.15) is 32.2 Å². The summed E-state index contributed by atoms with van der Waals surface area (Å²) in [6, 6.07) is -0.360. The van der Waals surface area contributed by atoms with Crippen molar-refractivity contribution in [3.8, 4) is 0 Å². The Kier molecular flexibility index (Phi) is 4.13. The summed E-state index contributed by atoms with van der Waals surface area (Å²) in [6.07, 6.45) is 4.62. The molecule has 0 bridgehead atoms. The predicted octanol–water partition coefficient (Wildman–Crippen LogP) is 0.552. The third-order valence-corrected chi connectivity index (χ3v) is 3.55. The number of carbonyl (C=O) groups excluding carboxylic acids is 1. The third-order valence-electron chi connectivity index (χ3n) is 3.55. The molecule has 1 saturated heterocycles. The van der Waals surface area contributed by atoms with Crippen LogP contribution in [-0.2, 0) is 9.59 Å². The van der Waals surface area contributed by atoms with Crippen molar-refractivity contribution in [2.75, 3.05) is 13.1 Å². The lowest BCUT2D eigenvalue weighted by molar-refractivity contribution is -0.137. The van der Waals surface area contributed by atoms with Gasteiger partial charge in [0.2, 0.25) is 5.91 Å². The number of amides is 1. The molecule has 1 N–H and O–H groups in total. The van der Waals surface area contributed by atoms with Gasteiger partial charge in [0, 0.05) is 19.5 Å². The van der Waals surface area contributed by atoms with Crippen molar-refractivity contribution in [1.29, 1.82) is 0 Å². The number of carboxylic acids is 1. The first-order valence-corrected chi connectivity index (χ1v) is 6.42. The molecule has 1 amide bonds. The minimum atomic E-state index is -0.777. The van der Waals surface area contributed by atoms with Crippen LogP contribution in [0.2, 0.25) is 0 Å². The molecule has 0 saturated carbocycles. The normalized spacial score (nSPS) is 20.5.